The van der Waals surface area contributed by atoms with Crippen LogP contribution < -0.4 is 24.4 Å². The van der Waals surface area contributed by atoms with E-state index in [9.17, 15) is 9.59 Å². The van der Waals surface area contributed by atoms with Crippen LogP contribution in [0.25, 0.3) is 0 Å². The summed E-state index contributed by atoms with van der Waals surface area (Å²) in [6, 6.07) is 17.5. The number of carbonyl (C=O) groups is 2. The second kappa shape index (κ2) is 12.4. The van der Waals surface area contributed by atoms with Crippen molar-refractivity contribution in [1.29, 1.82) is 0 Å². The van der Waals surface area contributed by atoms with Crippen LogP contribution >= 0.6 is 0 Å². The minimum Gasteiger partial charge on any atom is -0.497 e. The van der Waals surface area contributed by atoms with Gasteiger partial charge in [-0.2, -0.15) is 5.10 Å². The Hall–Kier alpha value is -4.33. The number of hydrogen-bond acceptors (Lipinski definition) is 7. The molecule has 0 aliphatic carbocycles. The zero-order valence-electron chi connectivity index (χ0n) is 21.0. The minimum atomic E-state index is -0.546. The summed E-state index contributed by atoms with van der Waals surface area (Å²) in [5.41, 5.74) is 5.52. The number of aryl methyl sites for hydroxylation is 1. The van der Waals surface area contributed by atoms with Crippen LogP contribution in [-0.4, -0.2) is 38.9 Å². The highest BCUT2D eigenvalue weighted by Crippen LogP contribution is 2.29. The van der Waals surface area contributed by atoms with Crippen LogP contribution in [0.15, 0.2) is 65.8 Å². The molecule has 0 aromatic heterocycles. The summed E-state index contributed by atoms with van der Waals surface area (Å²) in [5.74, 6) is 1.16. The van der Waals surface area contributed by atoms with Crippen LogP contribution in [-0.2, 0) is 4.79 Å². The summed E-state index contributed by atoms with van der Waals surface area (Å²) in [4.78, 5) is 24.7. The van der Waals surface area contributed by atoms with E-state index >= 15 is 0 Å². The Labute approximate surface area is 210 Å². The van der Waals surface area contributed by atoms with Crippen LogP contribution in [0.1, 0.15) is 46.8 Å². The number of amides is 1. The van der Waals surface area contributed by atoms with Crippen LogP contribution in [0, 0.1) is 6.92 Å². The lowest BCUT2D eigenvalue weighted by Gasteiger charge is -2.14. The molecule has 0 aliphatic rings. The lowest BCUT2D eigenvalue weighted by Crippen LogP contribution is -2.25. The van der Waals surface area contributed by atoms with Crippen LogP contribution in [0.2, 0.25) is 0 Å². The van der Waals surface area contributed by atoms with E-state index in [0.717, 1.165) is 11.1 Å². The number of nitrogens with one attached hydrogen (secondary N) is 1. The Balaban J connectivity index is 1.59. The molecular formula is C28H30N2O6. The van der Waals surface area contributed by atoms with Gasteiger partial charge in [0.25, 0.3) is 5.91 Å². The van der Waals surface area contributed by atoms with Crippen LogP contribution in [0.5, 0.6) is 23.0 Å². The highest BCUT2D eigenvalue weighted by Gasteiger charge is 2.14. The predicted molar refractivity (Wildman–Crippen MR) is 137 cm³/mol. The number of ether oxygens (including phenoxy) is 4. The summed E-state index contributed by atoms with van der Waals surface area (Å²) in [7, 11) is 2.99. The molecule has 0 unspecified atom stereocenters. The van der Waals surface area contributed by atoms with Crippen LogP contribution in [0.3, 0.4) is 0 Å². The molecule has 0 saturated heterocycles. The van der Waals surface area contributed by atoms with Gasteiger partial charge in [0.05, 0.1) is 26.0 Å². The van der Waals surface area contributed by atoms with Crippen molar-refractivity contribution < 1.29 is 28.5 Å². The standard InChI is InChI=1S/C28H30N2O6/c1-18(2)23-11-9-19(3)13-25(23)35-17-27(31)30-29-16-20-10-12-24(26(14-20)34-5)36-28(32)21-7-6-8-22(15-21)33-4/h6-16,18H,17H2,1-5H3,(H,30,31)/b29-16+. The Morgan fingerprint density at radius 2 is 1.75 bits per heavy atom. The topological polar surface area (TPSA) is 95.5 Å². The first-order chi connectivity index (χ1) is 17.3. The summed E-state index contributed by atoms with van der Waals surface area (Å²) in [6.07, 6.45) is 1.46. The number of nitrogens with zero attached hydrogens (tertiary/aromatic N) is 1. The van der Waals surface area contributed by atoms with Gasteiger partial charge in [-0.15, -0.1) is 0 Å². The smallest absolute Gasteiger partial charge is 0.343 e. The fourth-order valence-corrected chi connectivity index (χ4v) is 3.36. The van der Waals surface area contributed by atoms with Crippen molar-refractivity contribution in [2.45, 2.75) is 26.7 Å². The zero-order valence-corrected chi connectivity index (χ0v) is 21.0. The third-order valence-electron chi connectivity index (χ3n) is 5.25. The third-order valence-corrected chi connectivity index (χ3v) is 5.25. The monoisotopic (exact) mass is 490 g/mol. The molecule has 1 N–H and O–H groups in total. The number of rotatable bonds is 10. The Bertz CT molecular complexity index is 1250. The average Bonchev–Trinajstić information content (AvgIpc) is 2.88. The van der Waals surface area contributed by atoms with E-state index in [1.807, 2.05) is 25.1 Å². The van der Waals surface area contributed by atoms with Gasteiger partial charge in [-0.25, -0.2) is 10.2 Å². The molecule has 188 valence electrons. The second-order valence-electron chi connectivity index (χ2n) is 8.31. The van der Waals surface area contributed by atoms with Gasteiger partial charge < -0.3 is 18.9 Å². The summed E-state index contributed by atoms with van der Waals surface area (Å²) in [5, 5.41) is 3.98. The van der Waals surface area contributed by atoms with E-state index in [1.54, 1.807) is 42.5 Å². The molecule has 3 aromatic carbocycles. The second-order valence-corrected chi connectivity index (χ2v) is 8.31. The SMILES string of the molecule is COc1cccc(C(=O)Oc2ccc(/C=N/NC(=O)COc3cc(C)ccc3C(C)C)cc2OC)c1. The fraction of sp³-hybridized carbons (Fsp3) is 0.250. The molecule has 0 atom stereocenters. The number of hydrogen-bond donors (Lipinski definition) is 1. The number of esters is 1. The molecule has 0 spiro atoms. The lowest BCUT2D eigenvalue weighted by molar-refractivity contribution is -0.123. The molecule has 8 heteroatoms. The molecule has 36 heavy (non-hydrogen) atoms. The Morgan fingerprint density at radius 1 is 0.944 bits per heavy atom. The van der Waals surface area contributed by atoms with Crippen molar-refractivity contribution in [3.8, 4) is 23.0 Å². The molecular weight excluding hydrogens is 460 g/mol. The minimum absolute atomic E-state index is 0.164. The first kappa shape index (κ1) is 26.3. The van der Waals surface area contributed by atoms with Crippen molar-refractivity contribution >= 4 is 18.1 Å². The summed E-state index contributed by atoms with van der Waals surface area (Å²) < 4.78 is 21.7. The van der Waals surface area contributed by atoms with E-state index in [1.165, 1.54) is 20.4 Å². The van der Waals surface area contributed by atoms with Gasteiger partial charge in [-0.3, -0.25) is 4.79 Å². The van der Waals surface area contributed by atoms with E-state index < -0.39 is 11.9 Å². The van der Waals surface area contributed by atoms with E-state index in [-0.39, 0.29) is 18.3 Å². The van der Waals surface area contributed by atoms with Gasteiger partial charge in [0.2, 0.25) is 0 Å². The summed E-state index contributed by atoms with van der Waals surface area (Å²) >= 11 is 0. The van der Waals surface area contributed by atoms with Gasteiger partial charge in [0.15, 0.2) is 18.1 Å². The average molecular weight is 491 g/mol. The highest BCUT2D eigenvalue weighted by atomic mass is 16.6. The molecule has 0 saturated carbocycles. The van der Waals surface area contributed by atoms with Crippen LogP contribution in [0.4, 0.5) is 0 Å². The molecule has 3 aromatic rings. The van der Waals surface area contributed by atoms with Gasteiger partial charge in [0.1, 0.15) is 11.5 Å². The van der Waals surface area contributed by atoms with Gasteiger partial charge in [-0.1, -0.05) is 32.0 Å². The van der Waals surface area contributed by atoms with Gasteiger partial charge in [0, 0.05) is 0 Å². The van der Waals surface area contributed by atoms with Gasteiger partial charge in [-0.05, 0) is 72.0 Å². The molecule has 0 bridgehead atoms. The van der Waals surface area contributed by atoms with Crippen molar-refractivity contribution in [1.82, 2.24) is 5.43 Å². The van der Waals surface area contributed by atoms with E-state index in [4.69, 9.17) is 18.9 Å². The highest BCUT2D eigenvalue weighted by molar-refractivity contribution is 5.92. The molecule has 0 heterocycles. The van der Waals surface area contributed by atoms with Crippen molar-refractivity contribution in [3.05, 3.63) is 82.9 Å². The maximum atomic E-state index is 12.5. The van der Waals surface area contributed by atoms with E-state index in [2.05, 4.69) is 24.4 Å². The predicted octanol–water partition coefficient (Wildman–Crippen LogP) is 4.88. The lowest BCUT2D eigenvalue weighted by atomic mass is 10.0. The molecule has 8 nitrogen and oxygen atoms in total. The van der Waals surface area contributed by atoms with E-state index in [0.29, 0.717) is 28.4 Å². The summed E-state index contributed by atoms with van der Waals surface area (Å²) in [6.45, 7) is 5.95. The first-order valence-electron chi connectivity index (χ1n) is 11.4. The number of carbonyl (C=O) groups excluding carboxylic acids is 2. The Morgan fingerprint density at radius 3 is 2.47 bits per heavy atom. The largest absolute Gasteiger partial charge is 0.497 e. The molecule has 1 amide bonds. The molecule has 0 radical (unpaired) electrons. The maximum Gasteiger partial charge on any atom is 0.343 e. The third kappa shape index (κ3) is 7.09. The number of methoxy groups -OCH3 is 2. The fourth-order valence-electron chi connectivity index (χ4n) is 3.36. The molecule has 0 aliphatic heterocycles. The number of benzene rings is 3. The van der Waals surface area contributed by atoms with Crippen molar-refractivity contribution in [2.75, 3.05) is 20.8 Å². The molecule has 3 rings (SSSR count). The number of hydrazone groups is 1. The normalized spacial score (nSPS) is 10.8. The quantitative estimate of drug-likeness (QED) is 0.188. The molecule has 0 fully saturated rings. The van der Waals surface area contributed by atoms with Gasteiger partial charge >= 0.3 is 5.97 Å². The maximum absolute atomic E-state index is 12.5. The zero-order chi connectivity index (χ0) is 26.1. The Kier molecular flexibility index (Phi) is 9.05. The first-order valence-corrected chi connectivity index (χ1v) is 11.4. The van der Waals surface area contributed by atoms with Crippen molar-refractivity contribution in [3.63, 3.8) is 0 Å². The van der Waals surface area contributed by atoms with Crippen molar-refractivity contribution in [2.24, 2.45) is 5.10 Å².